The summed E-state index contributed by atoms with van der Waals surface area (Å²) in [6, 6.07) is 13.7. The van der Waals surface area contributed by atoms with Gasteiger partial charge in [0, 0.05) is 16.2 Å². The van der Waals surface area contributed by atoms with E-state index in [1.807, 2.05) is 18.2 Å². The number of halogens is 2. The molecule has 23 heavy (non-hydrogen) atoms. The zero-order valence-corrected chi connectivity index (χ0v) is 13.0. The molecule has 0 unspecified atom stereocenters. The van der Waals surface area contributed by atoms with Gasteiger partial charge in [-0.15, -0.1) is 11.8 Å². The maximum atomic E-state index is 12.3. The predicted molar refractivity (Wildman–Crippen MR) is 85.1 cm³/mol. The number of carbonyl (C=O) groups excluding carboxylic acids is 1. The van der Waals surface area contributed by atoms with E-state index in [0.29, 0.717) is 5.56 Å². The highest BCUT2D eigenvalue weighted by Crippen LogP contribution is 2.35. The molecule has 0 fully saturated rings. The summed E-state index contributed by atoms with van der Waals surface area (Å²) in [5, 5.41) is 3.01. The maximum Gasteiger partial charge on any atom is 0.387 e. The lowest BCUT2D eigenvalue weighted by atomic mass is 10.0. The third-order valence-electron chi connectivity index (χ3n) is 3.61. The Balaban J connectivity index is 1.70. The minimum absolute atomic E-state index is 0.0306. The van der Waals surface area contributed by atoms with E-state index < -0.39 is 6.61 Å². The number of thioether (sulfide) groups is 1. The van der Waals surface area contributed by atoms with Crippen molar-refractivity contribution < 1.29 is 18.3 Å². The average molecular weight is 335 g/mol. The molecule has 0 saturated heterocycles. The first-order chi connectivity index (χ1) is 11.1. The summed E-state index contributed by atoms with van der Waals surface area (Å²) in [6.45, 7) is -2.87. The molecule has 0 spiro atoms. The van der Waals surface area contributed by atoms with E-state index in [4.69, 9.17) is 0 Å². The molecular weight excluding hydrogens is 320 g/mol. The Bertz CT molecular complexity index is 691. The Kier molecular flexibility index (Phi) is 4.81. The van der Waals surface area contributed by atoms with Crippen LogP contribution >= 0.6 is 11.8 Å². The van der Waals surface area contributed by atoms with Gasteiger partial charge >= 0.3 is 6.61 Å². The van der Waals surface area contributed by atoms with Crippen molar-refractivity contribution in [2.45, 2.75) is 24.0 Å². The molecule has 1 atom stereocenters. The van der Waals surface area contributed by atoms with Crippen molar-refractivity contribution in [1.29, 1.82) is 0 Å². The van der Waals surface area contributed by atoms with Gasteiger partial charge in [-0.1, -0.05) is 18.2 Å². The molecule has 1 amide bonds. The molecule has 2 aromatic rings. The van der Waals surface area contributed by atoms with Crippen molar-refractivity contribution in [3.63, 3.8) is 0 Å². The smallest absolute Gasteiger partial charge is 0.387 e. The number of rotatable bonds is 4. The molecule has 120 valence electrons. The van der Waals surface area contributed by atoms with Crippen LogP contribution in [0, 0.1) is 0 Å². The van der Waals surface area contributed by atoms with Crippen molar-refractivity contribution >= 4 is 17.7 Å². The second-order valence-electron chi connectivity index (χ2n) is 5.10. The number of carbonyl (C=O) groups is 1. The van der Waals surface area contributed by atoms with Crippen LogP contribution in [0.25, 0.3) is 0 Å². The zero-order chi connectivity index (χ0) is 16.2. The third-order valence-corrected chi connectivity index (χ3v) is 4.73. The molecule has 1 heterocycles. The minimum Gasteiger partial charge on any atom is -0.435 e. The summed E-state index contributed by atoms with van der Waals surface area (Å²) < 4.78 is 28.5. The second-order valence-corrected chi connectivity index (χ2v) is 6.24. The van der Waals surface area contributed by atoms with Crippen LogP contribution in [-0.2, 0) is 0 Å². The van der Waals surface area contributed by atoms with Gasteiger partial charge in [-0.25, -0.2) is 0 Å². The lowest BCUT2D eigenvalue weighted by Crippen LogP contribution is -2.30. The summed E-state index contributed by atoms with van der Waals surface area (Å²) in [6.07, 6.45) is 0.861. The van der Waals surface area contributed by atoms with Gasteiger partial charge in [0.2, 0.25) is 0 Å². The number of alkyl halides is 2. The van der Waals surface area contributed by atoms with Crippen LogP contribution in [-0.4, -0.2) is 18.3 Å². The van der Waals surface area contributed by atoms with Crippen molar-refractivity contribution in [3.05, 3.63) is 59.7 Å². The van der Waals surface area contributed by atoms with Gasteiger partial charge in [0.05, 0.1) is 6.04 Å². The molecule has 3 nitrogen and oxygen atoms in total. The summed E-state index contributed by atoms with van der Waals surface area (Å²) >= 11 is 1.78. The van der Waals surface area contributed by atoms with Gasteiger partial charge < -0.3 is 10.1 Å². The van der Waals surface area contributed by atoms with Crippen molar-refractivity contribution in [3.8, 4) is 5.75 Å². The van der Waals surface area contributed by atoms with Gasteiger partial charge in [-0.2, -0.15) is 8.78 Å². The maximum absolute atomic E-state index is 12.3. The molecule has 1 N–H and O–H groups in total. The number of amides is 1. The summed E-state index contributed by atoms with van der Waals surface area (Å²) in [7, 11) is 0. The number of hydrogen-bond acceptors (Lipinski definition) is 3. The second kappa shape index (κ2) is 7.00. The molecule has 1 aliphatic rings. The molecule has 3 rings (SSSR count). The first-order valence-corrected chi connectivity index (χ1v) is 8.19. The molecule has 0 aromatic heterocycles. The number of ether oxygens (including phenoxy) is 1. The molecule has 0 radical (unpaired) electrons. The van der Waals surface area contributed by atoms with E-state index in [2.05, 4.69) is 16.1 Å². The van der Waals surface area contributed by atoms with Crippen LogP contribution in [0.1, 0.15) is 28.4 Å². The number of nitrogens with one attached hydrogen (secondary N) is 1. The first kappa shape index (κ1) is 15.8. The molecule has 6 heteroatoms. The highest BCUT2D eigenvalue weighted by Gasteiger charge is 2.22. The van der Waals surface area contributed by atoms with Crippen molar-refractivity contribution in [2.24, 2.45) is 0 Å². The number of hydrogen-bond donors (Lipinski definition) is 1. The Morgan fingerprint density at radius 1 is 1.17 bits per heavy atom. The summed E-state index contributed by atoms with van der Waals surface area (Å²) in [5.41, 5.74) is 1.54. The standard InChI is InChI=1S/C17H15F2NO2S/c18-17(19)22-12-7-5-11(6-8-12)16(21)20-14-9-10-23-15-4-2-1-3-13(14)15/h1-8,14,17H,9-10H2,(H,20,21)/t14-/m1/s1. The fraction of sp³-hybridized carbons (Fsp3) is 0.235. The normalized spacial score (nSPS) is 16.7. The fourth-order valence-corrected chi connectivity index (χ4v) is 3.65. The largest absolute Gasteiger partial charge is 0.435 e. The van der Waals surface area contributed by atoms with Crippen LogP contribution in [0.4, 0.5) is 8.78 Å². The Morgan fingerprint density at radius 3 is 2.65 bits per heavy atom. The molecule has 0 aliphatic carbocycles. The number of benzene rings is 2. The van der Waals surface area contributed by atoms with Crippen LogP contribution in [0.2, 0.25) is 0 Å². The summed E-state index contributed by atoms with van der Waals surface area (Å²) in [4.78, 5) is 13.5. The summed E-state index contributed by atoms with van der Waals surface area (Å²) in [5.74, 6) is 0.764. The monoisotopic (exact) mass is 335 g/mol. The lowest BCUT2D eigenvalue weighted by Gasteiger charge is -2.25. The number of fused-ring (bicyclic) bond motifs is 1. The lowest BCUT2D eigenvalue weighted by molar-refractivity contribution is -0.0498. The first-order valence-electron chi connectivity index (χ1n) is 7.21. The van der Waals surface area contributed by atoms with E-state index in [-0.39, 0.29) is 17.7 Å². The van der Waals surface area contributed by atoms with Gasteiger partial charge in [-0.3, -0.25) is 4.79 Å². The van der Waals surface area contributed by atoms with Gasteiger partial charge in [0.25, 0.3) is 5.91 Å². The van der Waals surface area contributed by atoms with Gasteiger partial charge in [0.15, 0.2) is 0 Å². The van der Waals surface area contributed by atoms with E-state index in [0.717, 1.165) is 17.7 Å². The highest BCUT2D eigenvalue weighted by molar-refractivity contribution is 7.99. The third kappa shape index (κ3) is 3.82. The quantitative estimate of drug-likeness (QED) is 0.907. The van der Waals surface area contributed by atoms with E-state index in [1.165, 1.54) is 29.2 Å². The van der Waals surface area contributed by atoms with Gasteiger partial charge in [-0.05, 0) is 42.3 Å². The minimum atomic E-state index is -2.87. The van der Waals surface area contributed by atoms with Crippen LogP contribution in [0.3, 0.4) is 0 Å². The molecule has 0 saturated carbocycles. The average Bonchev–Trinajstić information content (AvgIpc) is 2.55. The predicted octanol–water partition coefficient (Wildman–Crippen LogP) is 4.25. The van der Waals surface area contributed by atoms with E-state index in [1.54, 1.807) is 11.8 Å². The zero-order valence-electron chi connectivity index (χ0n) is 12.2. The van der Waals surface area contributed by atoms with Gasteiger partial charge in [0.1, 0.15) is 5.75 Å². The SMILES string of the molecule is O=C(N[C@@H]1CCSc2ccccc21)c1ccc(OC(F)F)cc1. The molecule has 0 bridgehead atoms. The topological polar surface area (TPSA) is 38.3 Å². The highest BCUT2D eigenvalue weighted by atomic mass is 32.2. The Morgan fingerprint density at radius 2 is 1.91 bits per heavy atom. The van der Waals surface area contributed by atoms with E-state index >= 15 is 0 Å². The van der Waals surface area contributed by atoms with Crippen LogP contribution < -0.4 is 10.1 Å². The fourth-order valence-electron chi connectivity index (χ4n) is 2.52. The van der Waals surface area contributed by atoms with E-state index in [9.17, 15) is 13.6 Å². The van der Waals surface area contributed by atoms with Crippen molar-refractivity contribution in [2.75, 3.05) is 5.75 Å². The van der Waals surface area contributed by atoms with Crippen LogP contribution in [0.15, 0.2) is 53.4 Å². The molecule has 1 aliphatic heterocycles. The molecular formula is C17H15F2NO2S. The van der Waals surface area contributed by atoms with Crippen LogP contribution in [0.5, 0.6) is 5.75 Å². The Labute approximate surface area is 137 Å². The molecule has 2 aromatic carbocycles. The Hall–Kier alpha value is -2.08. The van der Waals surface area contributed by atoms with Crippen molar-refractivity contribution in [1.82, 2.24) is 5.32 Å².